The van der Waals surface area contributed by atoms with Crippen LogP contribution in [0.25, 0.3) is 0 Å². The van der Waals surface area contributed by atoms with E-state index in [4.69, 9.17) is 0 Å². The lowest BCUT2D eigenvalue weighted by atomic mass is 10.2. The normalized spacial score (nSPS) is 10.7. The van der Waals surface area contributed by atoms with E-state index in [2.05, 4.69) is 33.2 Å². The minimum atomic E-state index is 0.736. The van der Waals surface area contributed by atoms with E-state index in [1.165, 1.54) is 0 Å². The topological polar surface area (TPSA) is 57.7 Å². The number of nitrogens with zero attached hydrogens (tertiary/aromatic N) is 4. The molecule has 0 aliphatic rings. The number of hydrogen-bond acceptors (Lipinski definition) is 4. The van der Waals surface area contributed by atoms with Crippen molar-refractivity contribution in [2.75, 3.05) is 11.9 Å². The Bertz CT molecular complexity index is 526. The number of hydrogen-bond donors (Lipinski definition) is 1. The molecule has 0 amide bonds. The van der Waals surface area contributed by atoms with Gasteiger partial charge in [-0.15, -0.1) is 0 Å². The predicted molar refractivity (Wildman–Crippen MR) is 76.2 cm³/mol. The van der Waals surface area contributed by atoms with Crippen molar-refractivity contribution in [1.29, 1.82) is 0 Å². The van der Waals surface area contributed by atoms with E-state index in [9.17, 15) is 0 Å². The van der Waals surface area contributed by atoms with Crippen molar-refractivity contribution in [2.24, 2.45) is 0 Å². The van der Waals surface area contributed by atoms with Crippen molar-refractivity contribution in [2.45, 2.75) is 40.2 Å². The van der Waals surface area contributed by atoms with Crippen LogP contribution in [0.2, 0.25) is 0 Å². The molecule has 0 unspecified atom stereocenters. The van der Waals surface area contributed by atoms with Crippen LogP contribution in [0.15, 0.2) is 12.1 Å². The molecule has 0 saturated heterocycles. The molecule has 5 heteroatoms. The molecule has 2 aromatic heterocycles. The van der Waals surface area contributed by atoms with Crippen LogP contribution in [-0.4, -0.2) is 27.2 Å². The second-order valence-electron chi connectivity index (χ2n) is 4.94. The number of nitrogens with one attached hydrogen (secondary N) is 1. The molecule has 5 nitrogen and oxygen atoms in total. The molecule has 0 fully saturated rings. The minimum absolute atomic E-state index is 0.736. The van der Waals surface area contributed by atoms with Crippen molar-refractivity contribution in [1.82, 2.24) is 20.2 Å². The summed E-state index contributed by atoms with van der Waals surface area (Å²) in [7, 11) is 1.99. The van der Waals surface area contributed by atoms with E-state index in [-0.39, 0.29) is 0 Å². The fourth-order valence-corrected chi connectivity index (χ4v) is 2.08. The van der Waals surface area contributed by atoms with E-state index in [0.717, 1.165) is 48.1 Å². The van der Waals surface area contributed by atoms with E-state index in [1.54, 1.807) is 0 Å². The molecule has 102 valence electrons. The summed E-state index contributed by atoms with van der Waals surface area (Å²) >= 11 is 0. The highest BCUT2D eigenvalue weighted by Crippen LogP contribution is 2.12. The summed E-state index contributed by atoms with van der Waals surface area (Å²) in [5.41, 5.74) is 4.19. The van der Waals surface area contributed by atoms with Crippen LogP contribution in [-0.2, 0) is 13.0 Å². The molecule has 0 aliphatic carbocycles. The fourth-order valence-electron chi connectivity index (χ4n) is 2.08. The van der Waals surface area contributed by atoms with Crippen LogP contribution in [0.4, 0.5) is 5.95 Å². The number of aromatic nitrogens is 4. The predicted octanol–water partition coefficient (Wildman–Crippen LogP) is 2.41. The molecule has 0 spiro atoms. The highest BCUT2D eigenvalue weighted by atomic mass is 15.2. The second kappa shape index (κ2) is 5.82. The van der Waals surface area contributed by atoms with Crippen LogP contribution >= 0.6 is 0 Å². The maximum atomic E-state index is 4.45. The molecule has 0 bridgehead atoms. The van der Waals surface area contributed by atoms with Crippen LogP contribution < -0.4 is 4.90 Å². The van der Waals surface area contributed by atoms with Crippen molar-refractivity contribution in [3.05, 3.63) is 34.9 Å². The van der Waals surface area contributed by atoms with Gasteiger partial charge in [-0.25, -0.2) is 9.97 Å². The van der Waals surface area contributed by atoms with Gasteiger partial charge in [0.1, 0.15) is 0 Å². The van der Waals surface area contributed by atoms with Gasteiger partial charge in [0.05, 0.1) is 17.9 Å². The first kappa shape index (κ1) is 13.5. The lowest BCUT2D eigenvalue weighted by Crippen LogP contribution is -2.20. The maximum absolute atomic E-state index is 4.45. The molecule has 2 rings (SSSR count). The first-order valence-corrected chi connectivity index (χ1v) is 6.65. The van der Waals surface area contributed by atoms with E-state index >= 15 is 0 Å². The fraction of sp³-hybridized carbons (Fsp3) is 0.500. The zero-order chi connectivity index (χ0) is 13.8. The van der Waals surface area contributed by atoms with Gasteiger partial charge in [0.25, 0.3) is 0 Å². The second-order valence-corrected chi connectivity index (χ2v) is 4.94. The minimum Gasteiger partial charge on any atom is -0.338 e. The molecule has 2 aromatic rings. The lowest BCUT2D eigenvalue weighted by molar-refractivity contribution is 0.817. The quantitative estimate of drug-likeness (QED) is 0.895. The molecular formula is C14H21N5. The van der Waals surface area contributed by atoms with Gasteiger partial charge >= 0.3 is 0 Å². The number of aromatic amines is 1. The molecule has 0 aliphatic heterocycles. The van der Waals surface area contributed by atoms with E-state index < -0.39 is 0 Å². The maximum Gasteiger partial charge on any atom is 0.225 e. The van der Waals surface area contributed by atoms with Crippen LogP contribution in [0, 0.1) is 13.8 Å². The Morgan fingerprint density at radius 1 is 1.16 bits per heavy atom. The number of aryl methyl sites for hydroxylation is 3. The summed E-state index contributed by atoms with van der Waals surface area (Å²) in [6.07, 6.45) is 2.13. The van der Waals surface area contributed by atoms with Crippen molar-refractivity contribution < 1.29 is 0 Å². The van der Waals surface area contributed by atoms with Gasteiger partial charge in [-0.1, -0.05) is 13.3 Å². The first-order chi connectivity index (χ1) is 9.08. The smallest absolute Gasteiger partial charge is 0.225 e. The van der Waals surface area contributed by atoms with Gasteiger partial charge < -0.3 is 4.90 Å². The van der Waals surface area contributed by atoms with Gasteiger partial charge in [0, 0.05) is 18.4 Å². The van der Waals surface area contributed by atoms with Crippen LogP contribution in [0.3, 0.4) is 0 Å². The molecule has 19 heavy (non-hydrogen) atoms. The van der Waals surface area contributed by atoms with Crippen molar-refractivity contribution in [3.63, 3.8) is 0 Å². The van der Waals surface area contributed by atoms with Gasteiger partial charge in [-0.2, -0.15) is 5.10 Å². The third-order valence-corrected chi connectivity index (χ3v) is 2.91. The standard InChI is InChI=1S/C14H21N5/c1-5-6-12-8-13(18-17-12)9-19(4)14-15-10(2)7-11(3)16-14/h7-8H,5-6,9H2,1-4H3,(H,17,18). The largest absolute Gasteiger partial charge is 0.338 e. The Hall–Kier alpha value is -1.91. The van der Waals surface area contributed by atoms with Gasteiger partial charge in [-0.05, 0) is 32.4 Å². The monoisotopic (exact) mass is 259 g/mol. The third kappa shape index (κ3) is 3.53. The average molecular weight is 259 g/mol. The molecule has 0 atom stereocenters. The molecule has 0 saturated carbocycles. The Labute approximate surface area is 114 Å². The number of anilines is 1. The highest BCUT2D eigenvalue weighted by Gasteiger charge is 2.08. The Kier molecular flexibility index (Phi) is 4.14. The van der Waals surface area contributed by atoms with E-state index in [1.807, 2.05) is 31.9 Å². The summed E-state index contributed by atoms with van der Waals surface area (Å²) in [6.45, 7) is 6.87. The van der Waals surface area contributed by atoms with E-state index in [0.29, 0.717) is 0 Å². The number of rotatable bonds is 5. The molecular weight excluding hydrogens is 238 g/mol. The summed E-state index contributed by atoms with van der Waals surface area (Å²) in [5.74, 6) is 0.754. The average Bonchev–Trinajstić information content (AvgIpc) is 2.76. The summed E-state index contributed by atoms with van der Waals surface area (Å²) in [5, 5.41) is 7.37. The first-order valence-electron chi connectivity index (χ1n) is 6.65. The van der Waals surface area contributed by atoms with Crippen LogP contribution in [0.5, 0.6) is 0 Å². The molecule has 1 N–H and O–H groups in total. The highest BCUT2D eigenvalue weighted by molar-refractivity contribution is 5.32. The van der Waals surface area contributed by atoms with Gasteiger partial charge in [0.15, 0.2) is 0 Å². The van der Waals surface area contributed by atoms with Crippen LogP contribution in [0.1, 0.15) is 36.1 Å². The Balaban J connectivity index is 2.08. The zero-order valence-electron chi connectivity index (χ0n) is 12.1. The summed E-state index contributed by atoms with van der Waals surface area (Å²) < 4.78 is 0. The van der Waals surface area contributed by atoms with Gasteiger partial charge in [0.2, 0.25) is 5.95 Å². The van der Waals surface area contributed by atoms with Crippen molar-refractivity contribution >= 4 is 5.95 Å². The SMILES string of the molecule is CCCc1cc(CN(C)c2nc(C)cc(C)n2)[nH]n1. The lowest BCUT2D eigenvalue weighted by Gasteiger charge is -2.16. The zero-order valence-corrected chi connectivity index (χ0v) is 12.1. The molecule has 0 radical (unpaired) electrons. The van der Waals surface area contributed by atoms with Crippen molar-refractivity contribution in [3.8, 4) is 0 Å². The summed E-state index contributed by atoms with van der Waals surface area (Å²) in [6, 6.07) is 4.09. The Morgan fingerprint density at radius 2 is 1.84 bits per heavy atom. The Morgan fingerprint density at radius 3 is 2.47 bits per heavy atom. The third-order valence-electron chi connectivity index (χ3n) is 2.91. The molecule has 0 aromatic carbocycles. The number of H-pyrrole nitrogens is 1. The summed E-state index contributed by atoms with van der Waals surface area (Å²) in [4.78, 5) is 10.9. The molecule has 2 heterocycles. The van der Waals surface area contributed by atoms with Gasteiger partial charge in [-0.3, -0.25) is 5.10 Å².